The summed E-state index contributed by atoms with van der Waals surface area (Å²) in [5, 5.41) is 0. The lowest BCUT2D eigenvalue weighted by Gasteiger charge is -2.21. The van der Waals surface area contributed by atoms with Crippen LogP contribution in [0.4, 0.5) is 0 Å². The molecular weight excluding hydrogens is 476 g/mol. The molecule has 0 saturated carbocycles. The number of rotatable bonds is 24. The van der Waals surface area contributed by atoms with Crippen molar-refractivity contribution in [2.75, 3.05) is 52.5 Å². The van der Waals surface area contributed by atoms with E-state index < -0.39 is 11.9 Å². The second-order valence-electron chi connectivity index (χ2n) is 10.3. The fourth-order valence-corrected chi connectivity index (χ4v) is 4.40. The van der Waals surface area contributed by atoms with E-state index in [1.807, 2.05) is 0 Å². The molecule has 38 heavy (non-hydrogen) atoms. The number of carbonyl (C=O) groups is 2. The molecule has 6 heteroatoms. The molecule has 0 saturated heterocycles. The molecule has 0 aliphatic rings. The smallest absolute Gasteiger partial charge is 0.339 e. The third-order valence-corrected chi connectivity index (χ3v) is 6.88. The van der Waals surface area contributed by atoms with E-state index in [4.69, 9.17) is 9.47 Å². The quantitative estimate of drug-likeness (QED) is 0.102. The van der Waals surface area contributed by atoms with Gasteiger partial charge in [0.05, 0.1) is 24.3 Å². The Morgan fingerprint density at radius 1 is 0.526 bits per heavy atom. The van der Waals surface area contributed by atoms with Gasteiger partial charge in [-0.05, 0) is 103 Å². The Kier molecular flexibility index (Phi) is 20.7. The molecule has 0 N–H and O–H groups in total. The van der Waals surface area contributed by atoms with E-state index in [-0.39, 0.29) is 11.1 Å². The highest BCUT2D eigenvalue weighted by atomic mass is 16.5. The van der Waals surface area contributed by atoms with E-state index in [0.717, 1.165) is 65.0 Å². The number of unbranched alkanes of at least 4 members (excludes halogenated alkanes) is 6. The van der Waals surface area contributed by atoms with Crippen LogP contribution in [0.5, 0.6) is 0 Å². The van der Waals surface area contributed by atoms with Gasteiger partial charge in [0, 0.05) is 0 Å². The number of benzene rings is 1. The van der Waals surface area contributed by atoms with E-state index >= 15 is 0 Å². The minimum Gasteiger partial charge on any atom is -0.462 e. The number of esters is 2. The van der Waals surface area contributed by atoms with Crippen molar-refractivity contribution >= 4 is 11.9 Å². The van der Waals surface area contributed by atoms with E-state index in [0.29, 0.717) is 13.2 Å². The van der Waals surface area contributed by atoms with Crippen LogP contribution in [0.3, 0.4) is 0 Å². The number of nitrogens with zero attached hydrogens (tertiary/aromatic N) is 2. The highest BCUT2D eigenvalue weighted by molar-refractivity contribution is 6.03. The first kappa shape index (κ1) is 34.1. The molecular formula is C32H56N2O4. The Balaban J connectivity index is 2.42. The molecule has 0 unspecified atom stereocenters. The Morgan fingerprint density at radius 3 is 1.16 bits per heavy atom. The third-order valence-electron chi connectivity index (χ3n) is 6.88. The van der Waals surface area contributed by atoms with Crippen LogP contribution in [0, 0.1) is 0 Å². The Bertz CT molecular complexity index is 663. The van der Waals surface area contributed by atoms with Gasteiger partial charge in [0.2, 0.25) is 0 Å². The molecule has 0 fully saturated rings. The average Bonchev–Trinajstić information content (AvgIpc) is 2.94. The fraction of sp³-hybridized carbons (Fsp3) is 0.750. The molecule has 0 heterocycles. The Hall–Kier alpha value is -1.92. The zero-order valence-corrected chi connectivity index (χ0v) is 25.0. The molecule has 0 spiro atoms. The highest BCUT2D eigenvalue weighted by Crippen LogP contribution is 2.13. The first-order chi connectivity index (χ1) is 18.6. The van der Waals surface area contributed by atoms with Crippen LogP contribution in [-0.2, 0) is 9.47 Å². The van der Waals surface area contributed by atoms with Gasteiger partial charge in [0.1, 0.15) is 0 Å². The topological polar surface area (TPSA) is 59.1 Å². The van der Waals surface area contributed by atoms with Gasteiger partial charge in [-0.3, -0.25) is 0 Å². The first-order valence-corrected chi connectivity index (χ1v) is 15.4. The number of ether oxygens (including phenoxy) is 2. The summed E-state index contributed by atoms with van der Waals surface area (Å²) in [5.74, 6) is -0.900. The summed E-state index contributed by atoms with van der Waals surface area (Å²) >= 11 is 0. The minimum absolute atomic E-state index is 0.287. The Labute approximate surface area is 233 Å². The molecule has 1 aromatic carbocycles. The molecule has 218 valence electrons. The van der Waals surface area contributed by atoms with Crippen LogP contribution >= 0.6 is 0 Å². The maximum Gasteiger partial charge on any atom is 0.339 e. The highest BCUT2D eigenvalue weighted by Gasteiger charge is 2.19. The maximum atomic E-state index is 12.7. The third kappa shape index (κ3) is 15.5. The maximum absolute atomic E-state index is 12.7. The summed E-state index contributed by atoms with van der Waals surface area (Å²) in [6, 6.07) is 6.81. The van der Waals surface area contributed by atoms with Crippen molar-refractivity contribution in [3.63, 3.8) is 0 Å². The van der Waals surface area contributed by atoms with E-state index in [1.165, 1.54) is 51.4 Å². The van der Waals surface area contributed by atoms with Gasteiger partial charge in [0.25, 0.3) is 0 Å². The van der Waals surface area contributed by atoms with Gasteiger partial charge >= 0.3 is 11.9 Å². The molecule has 0 aliphatic carbocycles. The van der Waals surface area contributed by atoms with Crippen molar-refractivity contribution in [1.29, 1.82) is 0 Å². The van der Waals surface area contributed by atoms with Gasteiger partial charge < -0.3 is 19.3 Å². The summed E-state index contributed by atoms with van der Waals surface area (Å²) in [4.78, 5) is 30.5. The summed E-state index contributed by atoms with van der Waals surface area (Å²) in [5.41, 5.74) is 0.575. The first-order valence-electron chi connectivity index (χ1n) is 15.4. The Morgan fingerprint density at radius 2 is 0.842 bits per heavy atom. The SMILES string of the molecule is CCCCN(CCCC)CCCCOC(=O)c1ccccc1C(=O)OCCCCN(CCCC)CCCC. The number of hydrogen-bond acceptors (Lipinski definition) is 6. The molecule has 1 aromatic rings. The van der Waals surface area contributed by atoms with Gasteiger partial charge in [-0.2, -0.15) is 0 Å². The van der Waals surface area contributed by atoms with Crippen LogP contribution in [0.1, 0.15) is 125 Å². The lowest BCUT2D eigenvalue weighted by molar-refractivity contribution is 0.0448. The minimum atomic E-state index is -0.450. The van der Waals surface area contributed by atoms with Gasteiger partial charge in [-0.1, -0.05) is 65.5 Å². The largest absolute Gasteiger partial charge is 0.462 e. The number of carbonyl (C=O) groups excluding carboxylic acids is 2. The van der Waals surface area contributed by atoms with Crippen molar-refractivity contribution in [1.82, 2.24) is 9.80 Å². The van der Waals surface area contributed by atoms with Crippen molar-refractivity contribution in [2.45, 2.75) is 105 Å². The predicted octanol–water partition coefficient (Wildman–Crippen LogP) is 7.37. The van der Waals surface area contributed by atoms with Gasteiger partial charge in [-0.15, -0.1) is 0 Å². The molecule has 1 rings (SSSR count). The lowest BCUT2D eigenvalue weighted by atomic mass is 10.1. The molecule has 0 bridgehead atoms. The average molecular weight is 533 g/mol. The van der Waals surface area contributed by atoms with Crippen LogP contribution in [0.25, 0.3) is 0 Å². The van der Waals surface area contributed by atoms with Crippen LogP contribution in [0.15, 0.2) is 24.3 Å². The molecule has 0 radical (unpaired) electrons. The molecule has 0 amide bonds. The van der Waals surface area contributed by atoms with Crippen LogP contribution in [0.2, 0.25) is 0 Å². The summed E-state index contributed by atoms with van der Waals surface area (Å²) < 4.78 is 11.1. The van der Waals surface area contributed by atoms with E-state index in [2.05, 4.69) is 37.5 Å². The zero-order valence-electron chi connectivity index (χ0n) is 25.0. The molecule has 6 nitrogen and oxygen atoms in total. The van der Waals surface area contributed by atoms with E-state index in [1.54, 1.807) is 24.3 Å². The van der Waals surface area contributed by atoms with Crippen LogP contribution in [-0.4, -0.2) is 74.2 Å². The van der Waals surface area contributed by atoms with Gasteiger partial charge in [0.15, 0.2) is 0 Å². The molecule has 0 atom stereocenters. The lowest BCUT2D eigenvalue weighted by Crippen LogP contribution is -2.27. The second-order valence-corrected chi connectivity index (χ2v) is 10.3. The monoisotopic (exact) mass is 532 g/mol. The van der Waals surface area contributed by atoms with Gasteiger partial charge in [-0.25, -0.2) is 9.59 Å². The van der Waals surface area contributed by atoms with E-state index in [9.17, 15) is 9.59 Å². The fourth-order valence-electron chi connectivity index (χ4n) is 4.40. The van der Waals surface area contributed by atoms with Crippen molar-refractivity contribution in [3.8, 4) is 0 Å². The normalized spacial score (nSPS) is 11.3. The standard InChI is InChI=1S/C32H56N2O4/c1-5-9-21-33(22-10-6-2)25-15-17-27-37-31(35)29-19-13-14-20-30(29)32(36)38-28-18-16-26-34(23-11-7-3)24-12-8-4/h13-14,19-20H,5-12,15-18,21-28H2,1-4H3. The summed E-state index contributed by atoms with van der Waals surface area (Å²) in [7, 11) is 0. The summed E-state index contributed by atoms with van der Waals surface area (Å²) in [6.07, 6.45) is 13.4. The predicted molar refractivity (Wildman–Crippen MR) is 158 cm³/mol. The van der Waals surface area contributed by atoms with Crippen molar-refractivity contribution in [2.24, 2.45) is 0 Å². The molecule has 0 aliphatic heterocycles. The second kappa shape index (κ2) is 23.0. The van der Waals surface area contributed by atoms with Crippen molar-refractivity contribution in [3.05, 3.63) is 35.4 Å². The molecule has 0 aromatic heterocycles. The van der Waals surface area contributed by atoms with Crippen LogP contribution < -0.4 is 0 Å². The number of hydrogen-bond donors (Lipinski definition) is 0. The summed E-state index contributed by atoms with van der Waals surface area (Å²) in [6.45, 7) is 16.3. The van der Waals surface area contributed by atoms with Crippen molar-refractivity contribution < 1.29 is 19.1 Å². The zero-order chi connectivity index (χ0) is 27.8.